The van der Waals surface area contributed by atoms with Crippen molar-refractivity contribution < 1.29 is 27.1 Å². The van der Waals surface area contributed by atoms with Crippen molar-refractivity contribution in [3.8, 4) is 0 Å². The van der Waals surface area contributed by atoms with Gasteiger partial charge in [0.2, 0.25) is 10.0 Å². The van der Waals surface area contributed by atoms with Gasteiger partial charge in [0.05, 0.1) is 11.7 Å². The molecule has 0 aromatic carbocycles. The summed E-state index contributed by atoms with van der Waals surface area (Å²) in [6, 6.07) is -0.335. The first-order chi connectivity index (χ1) is 10.1. The van der Waals surface area contributed by atoms with Crippen LogP contribution in [0.1, 0.15) is 45.4 Å². The molecule has 2 fully saturated rings. The van der Waals surface area contributed by atoms with Crippen LogP contribution in [0.4, 0.5) is 8.78 Å². The van der Waals surface area contributed by atoms with Crippen molar-refractivity contribution in [3.05, 3.63) is 0 Å². The standard InChI is InChI=1S/C14H23F2NO4S/c1-10-5-6-11(13(18)19)8-17(10)22(20,21)9-12-4-2-3-7-14(12,15)16/h10-12H,2-9H2,1H3,(H,18,19). The summed E-state index contributed by atoms with van der Waals surface area (Å²) in [6.07, 6.45) is 1.84. The number of hydrogen-bond donors (Lipinski definition) is 1. The molecule has 0 aromatic heterocycles. The van der Waals surface area contributed by atoms with Crippen molar-refractivity contribution in [1.82, 2.24) is 4.31 Å². The van der Waals surface area contributed by atoms with Gasteiger partial charge in [-0.25, -0.2) is 17.2 Å². The number of alkyl halides is 2. The second-order valence-corrected chi connectivity index (χ2v) is 8.48. The number of halogens is 2. The van der Waals surface area contributed by atoms with Crippen LogP contribution in [-0.4, -0.2) is 48.1 Å². The van der Waals surface area contributed by atoms with E-state index < -0.39 is 39.5 Å². The second-order valence-electron chi connectivity index (χ2n) is 6.51. The van der Waals surface area contributed by atoms with E-state index in [9.17, 15) is 22.0 Å². The Labute approximate surface area is 129 Å². The summed E-state index contributed by atoms with van der Waals surface area (Å²) in [4.78, 5) is 11.1. The second kappa shape index (κ2) is 6.39. The molecule has 1 heterocycles. The Morgan fingerprint density at radius 3 is 2.55 bits per heavy atom. The van der Waals surface area contributed by atoms with Crippen molar-refractivity contribution in [2.24, 2.45) is 11.8 Å². The fraction of sp³-hybridized carbons (Fsp3) is 0.929. The number of aliphatic carboxylic acids is 1. The van der Waals surface area contributed by atoms with E-state index in [2.05, 4.69) is 0 Å². The normalized spacial score (nSPS) is 33.5. The highest BCUT2D eigenvalue weighted by molar-refractivity contribution is 7.89. The number of carbonyl (C=O) groups is 1. The predicted octanol–water partition coefficient (Wildman–Crippen LogP) is 2.33. The highest BCUT2D eigenvalue weighted by Crippen LogP contribution is 2.40. The maximum Gasteiger partial charge on any atom is 0.307 e. The number of hydrogen-bond acceptors (Lipinski definition) is 3. The Bertz CT molecular complexity index is 523. The van der Waals surface area contributed by atoms with E-state index in [-0.39, 0.29) is 25.4 Å². The van der Waals surface area contributed by atoms with Crippen molar-refractivity contribution in [1.29, 1.82) is 0 Å². The summed E-state index contributed by atoms with van der Waals surface area (Å²) < 4.78 is 53.9. The van der Waals surface area contributed by atoms with Gasteiger partial charge in [0.25, 0.3) is 5.92 Å². The molecule has 1 saturated heterocycles. The monoisotopic (exact) mass is 339 g/mol. The number of nitrogens with zero attached hydrogens (tertiary/aromatic N) is 1. The van der Waals surface area contributed by atoms with Crippen LogP contribution >= 0.6 is 0 Å². The molecule has 0 amide bonds. The average molecular weight is 339 g/mol. The van der Waals surface area contributed by atoms with Gasteiger partial charge in [0.15, 0.2) is 0 Å². The average Bonchev–Trinajstić information content (AvgIpc) is 2.41. The zero-order valence-electron chi connectivity index (χ0n) is 12.7. The fourth-order valence-corrected chi connectivity index (χ4v) is 5.56. The molecule has 1 saturated carbocycles. The maximum atomic E-state index is 13.9. The molecule has 5 nitrogen and oxygen atoms in total. The molecule has 1 aliphatic carbocycles. The zero-order valence-corrected chi connectivity index (χ0v) is 13.5. The van der Waals surface area contributed by atoms with Crippen LogP contribution < -0.4 is 0 Å². The highest BCUT2D eigenvalue weighted by atomic mass is 32.2. The Balaban J connectivity index is 2.12. The van der Waals surface area contributed by atoms with Gasteiger partial charge >= 0.3 is 5.97 Å². The molecule has 0 spiro atoms. The number of sulfonamides is 1. The molecule has 1 N–H and O–H groups in total. The van der Waals surface area contributed by atoms with Crippen molar-refractivity contribution in [2.45, 2.75) is 57.4 Å². The SMILES string of the molecule is CC1CCC(C(=O)O)CN1S(=O)(=O)CC1CCCCC1(F)F. The first-order valence-corrected chi connectivity index (χ1v) is 9.34. The first-order valence-electron chi connectivity index (χ1n) is 7.73. The van der Waals surface area contributed by atoms with E-state index in [1.165, 1.54) is 0 Å². The molecular formula is C14H23F2NO4S. The van der Waals surface area contributed by atoms with E-state index in [0.29, 0.717) is 25.7 Å². The lowest BCUT2D eigenvalue weighted by Gasteiger charge is -2.38. The minimum absolute atomic E-state index is 0.114. The molecule has 3 atom stereocenters. The van der Waals surface area contributed by atoms with E-state index in [4.69, 9.17) is 5.11 Å². The van der Waals surface area contributed by atoms with Gasteiger partial charge in [0.1, 0.15) is 0 Å². The molecule has 0 aromatic rings. The summed E-state index contributed by atoms with van der Waals surface area (Å²) in [5, 5.41) is 9.07. The van der Waals surface area contributed by atoms with Crippen LogP contribution in [-0.2, 0) is 14.8 Å². The van der Waals surface area contributed by atoms with Crippen molar-refractivity contribution >= 4 is 16.0 Å². The molecule has 22 heavy (non-hydrogen) atoms. The molecule has 3 unspecified atom stereocenters. The van der Waals surface area contributed by atoms with Gasteiger partial charge in [-0.1, -0.05) is 6.42 Å². The van der Waals surface area contributed by atoms with Crippen LogP contribution in [0.3, 0.4) is 0 Å². The van der Waals surface area contributed by atoms with Crippen LogP contribution in [0.15, 0.2) is 0 Å². The highest BCUT2D eigenvalue weighted by Gasteiger charge is 2.46. The summed E-state index contributed by atoms with van der Waals surface area (Å²) in [5.41, 5.74) is 0. The largest absolute Gasteiger partial charge is 0.481 e. The molecule has 2 rings (SSSR count). The Morgan fingerprint density at radius 1 is 1.27 bits per heavy atom. The van der Waals surface area contributed by atoms with Crippen LogP contribution in [0.2, 0.25) is 0 Å². The third kappa shape index (κ3) is 3.76. The summed E-state index contributed by atoms with van der Waals surface area (Å²) in [5.74, 6) is -6.48. The van der Waals surface area contributed by atoms with Crippen LogP contribution in [0, 0.1) is 11.8 Å². The molecular weight excluding hydrogens is 316 g/mol. The first kappa shape index (κ1) is 17.6. The molecule has 0 radical (unpaired) electrons. The lowest BCUT2D eigenvalue weighted by atomic mass is 9.87. The smallest absolute Gasteiger partial charge is 0.307 e. The van der Waals surface area contributed by atoms with Gasteiger partial charge in [-0.2, -0.15) is 4.31 Å². The lowest BCUT2D eigenvalue weighted by Crippen LogP contribution is -2.50. The minimum Gasteiger partial charge on any atom is -0.481 e. The number of carboxylic acid groups (broad SMARTS) is 1. The van der Waals surface area contributed by atoms with Gasteiger partial charge in [0, 0.05) is 24.9 Å². The predicted molar refractivity (Wildman–Crippen MR) is 77.2 cm³/mol. The number of rotatable bonds is 4. The van der Waals surface area contributed by atoms with E-state index in [1.807, 2.05) is 0 Å². The third-order valence-electron chi connectivity index (χ3n) is 4.85. The van der Waals surface area contributed by atoms with Crippen LogP contribution in [0.25, 0.3) is 0 Å². The van der Waals surface area contributed by atoms with Gasteiger partial charge in [-0.15, -0.1) is 0 Å². The van der Waals surface area contributed by atoms with Crippen LogP contribution in [0.5, 0.6) is 0 Å². The molecule has 1 aliphatic heterocycles. The fourth-order valence-electron chi connectivity index (χ4n) is 3.39. The summed E-state index contributed by atoms with van der Waals surface area (Å²) in [7, 11) is -3.88. The zero-order chi connectivity index (χ0) is 16.5. The van der Waals surface area contributed by atoms with Gasteiger partial charge < -0.3 is 5.11 Å². The quantitative estimate of drug-likeness (QED) is 0.853. The summed E-state index contributed by atoms with van der Waals surface area (Å²) >= 11 is 0. The van der Waals surface area contributed by atoms with Gasteiger partial charge in [-0.3, -0.25) is 4.79 Å². The van der Waals surface area contributed by atoms with Gasteiger partial charge in [-0.05, 0) is 32.6 Å². The van der Waals surface area contributed by atoms with Crippen molar-refractivity contribution in [2.75, 3.05) is 12.3 Å². The third-order valence-corrected chi connectivity index (χ3v) is 6.90. The van der Waals surface area contributed by atoms with Crippen molar-refractivity contribution in [3.63, 3.8) is 0 Å². The Kier molecular flexibility index (Phi) is 5.11. The molecule has 2 aliphatic rings. The Hall–Kier alpha value is -0.760. The topological polar surface area (TPSA) is 74.7 Å². The maximum absolute atomic E-state index is 13.9. The lowest BCUT2D eigenvalue weighted by molar-refractivity contribution is -0.143. The van der Waals surface area contributed by atoms with E-state index in [1.54, 1.807) is 6.92 Å². The summed E-state index contributed by atoms with van der Waals surface area (Å²) in [6.45, 7) is 1.59. The molecule has 8 heteroatoms. The number of carboxylic acids is 1. The molecule has 128 valence electrons. The minimum atomic E-state index is -3.88. The number of piperidine rings is 1. The molecule has 0 bridgehead atoms. The van der Waals surface area contributed by atoms with E-state index >= 15 is 0 Å². The van der Waals surface area contributed by atoms with E-state index in [0.717, 1.165) is 4.31 Å². The Morgan fingerprint density at radius 2 is 1.95 bits per heavy atom.